The SMILES string of the molecule is Cc1ccccc1-c1nc(CCBr)cs1. The van der Waals surface area contributed by atoms with E-state index in [0.717, 1.165) is 16.8 Å². The maximum absolute atomic E-state index is 4.62. The van der Waals surface area contributed by atoms with Gasteiger partial charge in [-0.05, 0) is 12.5 Å². The van der Waals surface area contributed by atoms with E-state index in [1.807, 2.05) is 0 Å². The maximum atomic E-state index is 4.62. The van der Waals surface area contributed by atoms with Crippen LogP contribution in [-0.4, -0.2) is 10.3 Å². The molecule has 0 unspecified atom stereocenters. The molecule has 0 N–H and O–H groups in total. The molecule has 1 aromatic carbocycles. The largest absolute Gasteiger partial charge is 0.241 e. The van der Waals surface area contributed by atoms with E-state index in [9.17, 15) is 0 Å². The first kappa shape index (κ1) is 10.8. The Hall–Kier alpha value is -0.670. The van der Waals surface area contributed by atoms with Gasteiger partial charge in [-0.15, -0.1) is 11.3 Å². The Morgan fingerprint density at radius 2 is 2.13 bits per heavy atom. The zero-order valence-electron chi connectivity index (χ0n) is 8.53. The van der Waals surface area contributed by atoms with E-state index in [1.54, 1.807) is 11.3 Å². The summed E-state index contributed by atoms with van der Waals surface area (Å²) in [5.74, 6) is 0. The van der Waals surface area contributed by atoms with E-state index in [-0.39, 0.29) is 0 Å². The molecule has 78 valence electrons. The minimum atomic E-state index is 0.976. The summed E-state index contributed by atoms with van der Waals surface area (Å²) < 4.78 is 0. The van der Waals surface area contributed by atoms with E-state index in [4.69, 9.17) is 0 Å². The average molecular weight is 282 g/mol. The standard InChI is InChI=1S/C12H12BrNS/c1-9-4-2-3-5-11(9)12-14-10(6-7-13)8-15-12/h2-5,8H,6-7H2,1H3. The molecule has 15 heavy (non-hydrogen) atoms. The van der Waals surface area contributed by atoms with E-state index in [1.165, 1.54) is 16.8 Å². The fourth-order valence-corrected chi connectivity index (χ4v) is 2.81. The number of aryl methyl sites for hydroxylation is 2. The van der Waals surface area contributed by atoms with Gasteiger partial charge in [0, 0.05) is 22.7 Å². The van der Waals surface area contributed by atoms with E-state index in [2.05, 4.69) is 57.5 Å². The van der Waals surface area contributed by atoms with Crippen LogP contribution in [0.15, 0.2) is 29.6 Å². The van der Waals surface area contributed by atoms with Gasteiger partial charge in [-0.25, -0.2) is 4.98 Å². The normalized spacial score (nSPS) is 10.5. The summed E-state index contributed by atoms with van der Waals surface area (Å²) in [6.45, 7) is 2.13. The van der Waals surface area contributed by atoms with Gasteiger partial charge in [-0.1, -0.05) is 40.2 Å². The fourth-order valence-electron chi connectivity index (χ4n) is 1.46. The zero-order valence-corrected chi connectivity index (χ0v) is 10.9. The van der Waals surface area contributed by atoms with Crippen molar-refractivity contribution in [1.82, 2.24) is 4.98 Å². The maximum Gasteiger partial charge on any atom is 0.123 e. The summed E-state index contributed by atoms with van der Waals surface area (Å²) in [7, 11) is 0. The van der Waals surface area contributed by atoms with Crippen LogP contribution in [0.1, 0.15) is 11.3 Å². The number of halogens is 1. The molecule has 2 aromatic rings. The van der Waals surface area contributed by atoms with Crippen molar-refractivity contribution in [3.05, 3.63) is 40.9 Å². The quantitative estimate of drug-likeness (QED) is 0.774. The summed E-state index contributed by atoms with van der Waals surface area (Å²) in [5, 5.41) is 4.25. The van der Waals surface area contributed by atoms with Gasteiger partial charge in [0.05, 0.1) is 5.69 Å². The highest BCUT2D eigenvalue weighted by molar-refractivity contribution is 9.09. The molecule has 1 nitrogen and oxygen atoms in total. The highest BCUT2D eigenvalue weighted by Crippen LogP contribution is 2.26. The van der Waals surface area contributed by atoms with Gasteiger partial charge < -0.3 is 0 Å². The lowest BCUT2D eigenvalue weighted by Crippen LogP contribution is -1.86. The summed E-state index contributed by atoms with van der Waals surface area (Å²) in [6, 6.07) is 8.38. The van der Waals surface area contributed by atoms with Gasteiger partial charge in [0.1, 0.15) is 5.01 Å². The Morgan fingerprint density at radius 3 is 2.87 bits per heavy atom. The summed E-state index contributed by atoms with van der Waals surface area (Å²) >= 11 is 5.16. The molecule has 3 heteroatoms. The Kier molecular flexibility index (Phi) is 3.54. The van der Waals surface area contributed by atoms with Crippen molar-refractivity contribution >= 4 is 27.3 Å². The van der Waals surface area contributed by atoms with Crippen molar-refractivity contribution in [2.75, 3.05) is 5.33 Å². The summed E-state index contributed by atoms with van der Waals surface area (Å²) in [4.78, 5) is 4.62. The van der Waals surface area contributed by atoms with Crippen LogP contribution in [0.5, 0.6) is 0 Å². The lowest BCUT2D eigenvalue weighted by molar-refractivity contribution is 1.09. The Bertz CT molecular complexity index is 450. The van der Waals surface area contributed by atoms with Gasteiger partial charge in [-0.3, -0.25) is 0 Å². The van der Waals surface area contributed by atoms with Crippen molar-refractivity contribution in [1.29, 1.82) is 0 Å². The molecule has 0 radical (unpaired) electrons. The van der Waals surface area contributed by atoms with Crippen LogP contribution in [-0.2, 0) is 6.42 Å². The predicted octanol–water partition coefficient (Wildman–Crippen LogP) is 4.06. The monoisotopic (exact) mass is 281 g/mol. The number of alkyl halides is 1. The summed E-state index contributed by atoms with van der Waals surface area (Å²) in [6.07, 6.45) is 1.00. The second kappa shape index (κ2) is 4.90. The molecular weight excluding hydrogens is 270 g/mol. The Morgan fingerprint density at radius 1 is 1.33 bits per heavy atom. The molecule has 0 atom stereocenters. The van der Waals surface area contributed by atoms with Crippen molar-refractivity contribution in [2.45, 2.75) is 13.3 Å². The molecule has 0 saturated heterocycles. The third-order valence-corrected chi connectivity index (χ3v) is 3.60. The van der Waals surface area contributed by atoms with Crippen LogP contribution in [0.25, 0.3) is 10.6 Å². The molecule has 2 rings (SSSR count). The van der Waals surface area contributed by atoms with Crippen molar-refractivity contribution in [2.24, 2.45) is 0 Å². The molecule has 0 fully saturated rings. The Balaban J connectivity index is 2.33. The van der Waals surface area contributed by atoms with Crippen molar-refractivity contribution < 1.29 is 0 Å². The number of rotatable bonds is 3. The number of nitrogens with zero attached hydrogens (tertiary/aromatic N) is 1. The minimum absolute atomic E-state index is 0.976. The number of hydrogen-bond acceptors (Lipinski definition) is 2. The van der Waals surface area contributed by atoms with Gasteiger partial charge in [0.2, 0.25) is 0 Å². The minimum Gasteiger partial charge on any atom is -0.241 e. The lowest BCUT2D eigenvalue weighted by atomic mass is 10.1. The molecule has 0 spiro atoms. The third kappa shape index (κ3) is 2.47. The Labute approximate surface area is 102 Å². The van der Waals surface area contributed by atoms with Crippen LogP contribution in [0.2, 0.25) is 0 Å². The predicted molar refractivity (Wildman–Crippen MR) is 69.8 cm³/mol. The second-order valence-corrected chi connectivity index (χ2v) is 5.05. The lowest BCUT2D eigenvalue weighted by Gasteiger charge is -2.00. The molecule has 0 aliphatic rings. The highest BCUT2D eigenvalue weighted by Gasteiger charge is 2.05. The smallest absolute Gasteiger partial charge is 0.123 e. The van der Waals surface area contributed by atoms with Crippen LogP contribution < -0.4 is 0 Å². The number of thiazole rings is 1. The molecule has 0 amide bonds. The van der Waals surface area contributed by atoms with Crippen molar-refractivity contribution in [3.8, 4) is 10.6 Å². The van der Waals surface area contributed by atoms with E-state index >= 15 is 0 Å². The van der Waals surface area contributed by atoms with Crippen LogP contribution in [0.4, 0.5) is 0 Å². The molecule has 0 bridgehead atoms. The summed E-state index contributed by atoms with van der Waals surface area (Å²) in [5.41, 5.74) is 3.72. The van der Waals surface area contributed by atoms with Gasteiger partial charge in [0.25, 0.3) is 0 Å². The highest BCUT2D eigenvalue weighted by atomic mass is 79.9. The van der Waals surface area contributed by atoms with Gasteiger partial charge >= 0.3 is 0 Å². The number of aromatic nitrogens is 1. The fraction of sp³-hybridized carbons (Fsp3) is 0.250. The molecule has 1 heterocycles. The van der Waals surface area contributed by atoms with Crippen molar-refractivity contribution in [3.63, 3.8) is 0 Å². The van der Waals surface area contributed by atoms with Gasteiger partial charge in [0.15, 0.2) is 0 Å². The van der Waals surface area contributed by atoms with Gasteiger partial charge in [-0.2, -0.15) is 0 Å². The first-order valence-electron chi connectivity index (χ1n) is 4.87. The second-order valence-electron chi connectivity index (χ2n) is 3.40. The number of benzene rings is 1. The van der Waals surface area contributed by atoms with E-state index in [0.29, 0.717) is 0 Å². The molecule has 0 saturated carbocycles. The molecule has 1 aromatic heterocycles. The van der Waals surface area contributed by atoms with Crippen LogP contribution in [0, 0.1) is 6.92 Å². The number of hydrogen-bond donors (Lipinski definition) is 0. The molecule has 0 aliphatic carbocycles. The topological polar surface area (TPSA) is 12.9 Å². The third-order valence-electron chi connectivity index (χ3n) is 2.28. The van der Waals surface area contributed by atoms with Crippen LogP contribution >= 0.6 is 27.3 Å². The average Bonchev–Trinajstić information content (AvgIpc) is 2.68. The first-order chi connectivity index (χ1) is 7.31. The van der Waals surface area contributed by atoms with E-state index < -0.39 is 0 Å². The molecular formula is C12H12BrNS. The van der Waals surface area contributed by atoms with Crippen LogP contribution in [0.3, 0.4) is 0 Å². The first-order valence-corrected chi connectivity index (χ1v) is 6.88. The zero-order chi connectivity index (χ0) is 10.7. The molecule has 0 aliphatic heterocycles.